The van der Waals surface area contributed by atoms with Crippen molar-refractivity contribution in [1.29, 1.82) is 0 Å². The zero-order chi connectivity index (χ0) is 8.65. The molecule has 3 nitrogen and oxygen atoms in total. The summed E-state index contributed by atoms with van der Waals surface area (Å²) in [6.45, 7) is 0.831. The molecule has 0 amide bonds. The molecule has 0 saturated carbocycles. The van der Waals surface area contributed by atoms with Gasteiger partial charge in [-0.2, -0.15) is 0 Å². The first-order chi connectivity index (χ1) is 5.89. The fourth-order valence-electron chi connectivity index (χ4n) is 0.677. The Balaban J connectivity index is 0.000000120. The van der Waals surface area contributed by atoms with Gasteiger partial charge in [-0.05, 0) is 0 Å². The standard InChI is InChI=1S/C6H6.C3H4O3/c1-2-4-6-5-3-1;4-3-5-1-2-6-3/h1-6H;1-2H2. The number of carbonyl (C=O) groups is 1. The van der Waals surface area contributed by atoms with E-state index in [2.05, 4.69) is 9.47 Å². The largest absolute Gasteiger partial charge is 0.508 e. The van der Waals surface area contributed by atoms with Crippen molar-refractivity contribution in [3.8, 4) is 0 Å². The van der Waals surface area contributed by atoms with Crippen LogP contribution in [0.15, 0.2) is 36.4 Å². The maximum atomic E-state index is 9.80. The Bertz CT molecular complexity index is 186. The highest BCUT2D eigenvalue weighted by Gasteiger charge is 2.09. The van der Waals surface area contributed by atoms with Crippen LogP contribution in [-0.4, -0.2) is 19.4 Å². The molecule has 64 valence electrons. The van der Waals surface area contributed by atoms with Gasteiger partial charge < -0.3 is 9.47 Å². The minimum Gasteiger partial charge on any atom is -0.431 e. The van der Waals surface area contributed by atoms with Gasteiger partial charge in [0.25, 0.3) is 0 Å². The van der Waals surface area contributed by atoms with Crippen molar-refractivity contribution >= 4 is 6.16 Å². The predicted octanol–water partition coefficient (Wildman–Crippen LogP) is 1.84. The summed E-state index contributed by atoms with van der Waals surface area (Å²) in [5.74, 6) is 0. The summed E-state index contributed by atoms with van der Waals surface area (Å²) >= 11 is 0. The van der Waals surface area contributed by atoms with Crippen molar-refractivity contribution in [2.75, 3.05) is 13.2 Å². The van der Waals surface area contributed by atoms with Crippen LogP contribution in [0.2, 0.25) is 0 Å². The summed E-state index contributed by atoms with van der Waals surface area (Å²) in [6.07, 6.45) is -0.546. The molecule has 0 bridgehead atoms. The number of hydrogen-bond acceptors (Lipinski definition) is 3. The lowest BCUT2D eigenvalue weighted by Gasteiger charge is -1.78. The fourth-order valence-corrected chi connectivity index (χ4v) is 0.677. The monoisotopic (exact) mass is 166 g/mol. The van der Waals surface area contributed by atoms with E-state index in [-0.39, 0.29) is 0 Å². The van der Waals surface area contributed by atoms with Gasteiger partial charge in [0, 0.05) is 0 Å². The first-order valence-corrected chi connectivity index (χ1v) is 3.69. The van der Waals surface area contributed by atoms with Crippen molar-refractivity contribution in [2.24, 2.45) is 0 Å². The molecule has 0 aromatic heterocycles. The predicted molar refractivity (Wildman–Crippen MR) is 43.7 cm³/mol. The molecule has 3 heteroatoms. The Hall–Kier alpha value is -1.51. The van der Waals surface area contributed by atoms with Crippen molar-refractivity contribution in [3.05, 3.63) is 36.4 Å². The molecule has 0 unspecified atom stereocenters. The second-order valence-electron chi connectivity index (χ2n) is 2.10. The van der Waals surface area contributed by atoms with Gasteiger partial charge in [0.1, 0.15) is 13.2 Å². The minimum atomic E-state index is -0.546. The van der Waals surface area contributed by atoms with Crippen LogP contribution in [0.5, 0.6) is 0 Å². The van der Waals surface area contributed by atoms with Gasteiger partial charge in [-0.3, -0.25) is 0 Å². The van der Waals surface area contributed by atoms with Gasteiger partial charge in [-0.15, -0.1) is 0 Å². The number of rotatable bonds is 0. The molecule has 0 atom stereocenters. The van der Waals surface area contributed by atoms with Gasteiger partial charge >= 0.3 is 6.16 Å². The highest BCUT2D eigenvalue weighted by molar-refractivity contribution is 5.61. The minimum absolute atomic E-state index is 0.416. The van der Waals surface area contributed by atoms with Crippen LogP contribution in [0.4, 0.5) is 4.79 Å². The molecule has 1 heterocycles. The van der Waals surface area contributed by atoms with Gasteiger partial charge in [0.05, 0.1) is 0 Å². The summed E-state index contributed by atoms with van der Waals surface area (Å²) in [7, 11) is 0. The third-order valence-corrected chi connectivity index (χ3v) is 1.19. The maximum absolute atomic E-state index is 9.80. The zero-order valence-electron chi connectivity index (χ0n) is 6.60. The average molecular weight is 166 g/mol. The van der Waals surface area contributed by atoms with Gasteiger partial charge in [-0.25, -0.2) is 4.79 Å². The second kappa shape index (κ2) is 5.18. The van der Waals surface area contributed by atoms with Crippen LogP contribution >= 0.6 is 0 Å². The van der Waals surface area contributed by atoms with E-state index in [0.717, 1.165) is 0 Å². The molecular weight excluding hydrogens is 156 g/mol. The van der Waals surface area contributed by atoms with Crippen molar-refractivity contribution in [2.45, 2.75) is 0 Å². The van der Waals surface area contributed by atoms with E-state index in [1.54, 1.807) is 0 Å². The molecule has 1 aromatic rings. The molecule has 2 rings (SSSR count). The number of cyclic esters (lactones) is 2. The highest BCUT2D eigenvalue weighted by Crippen LogP contribution is 1.92. The molecule has 0 N–H and O–H groups in total. The number of carbonyl (C=O) groups excluding carboxylic acids is 1. The lowest BCUT2D eigenvalue weighted by atomic mass is 10.4. The van der Waals surface area contributed by atoms with Gasteiger partial charge in [0.15, 0.2) is 0 Å². The third-order valence-electron chi connectivity index (χ3n) is 1.19. The van der Waals surface area contributed by atoms with Crippen LogP contribution in [-0.2, 0) is 9.47 Å². The van der Waals surface area contributed by atoms with Crippen LogP contribution in [0, 0.1) is 0 Å². The van der Waals surface area contributed by atoms with Crippen LogP contribution in [0.3, 0.4) is 0 Å². The topological polar surface area (TPSA) is 35.5 Å². The SMILES string of the molecule is O=C1OCCO1.c1ccccc1. The Morgan fingerprint density at radius 1 is 0.833 bits per heavy atom. The van der Waals surface area contributed by atoms with Crippen LogP contribution in [0.25, 0.3) is 0 Å². The molecule has 0 radical (unpaired) electrons. The number of ether oxygens (including phenoxy) is 2. The summed E-state index contributed by atoms with van der Waals surface area (Å²) in [5.41, 5.74) is 0. The lowest BCUT2D eigenvalue weighted by Crippen LogP contribution is -1.88. The first kappa shape index (κ1) is 8.59. The molecule has 1 aliphatic heterocycles. The molecule has 1 aliphatic rings. The zero-order valence-corrected chi connectivity index (χ0v) is 6.60. The van der Waals surface area contributed by atoms with Gasteiger partial charge in [-0.1, -0.05) is 36.4 Å². The smallest absolute Gasteiger partial charge is 0.431 e. The summed E-state index contributed by atoms with van der Waals surface area (Å²) < 4.78 is 8.58. The van der Waals surface area contributed by atoms with Crippen molar-refractivity contribution in [1.82, 2.24) is 0 Å². The molecule has 12 heavy (non-hydrogen) atoms. The van der Waals surface area contributed by atoms with E-state index in [0.29, 0.717) is 13.2 Å². The quantitative estimate of drug-likeness (QED) is 0.551. The van der Waals surface area contributed by atoms with E-state index in [4.69, 9.17) is 0 Å². The molecule has 0 spiro atoms. The van der Waals surface area contributed by atoms with Crippen molar-refractivity contribution in [3.63, 3.8) is 0 Å². The number of benzene rings is 1. The molecule has 0 aliphatic carbocycles. The highest BCUT2D eigenvalue weighted by atomic mass is 16.8. The Morgan fingerprint density at radius 2 is 1.17 bits per heavy atom. The summed E-state index contributed by atoms with van der Waals surface area (Å²) in [4.78, 5) is 9.80. The Morgan fingerprint density at radius 3 is 1.33 bits per heavy atom. The molecule has 1 fully saturated rings. The first-order valence-electron chi connectivity index (χ1n) is 3.69. The van der Waals surface area contributed by atoms with E-state index >= 15 is 0 Å². The third kappa shape index (κ3) is 3.61. The van der Waals surface area contributed by atoms with E-state index in [1.165, 1.54) is 0 Å². The molecular formula is C9H10O3. The van der Waals surface area contributed by atoms with Gasteiger partial charge in [0.2, 0.25) is 0 Å². The summed E-state index contributed by atoms with van der Waals surface area (Å²) in [6, 6.07) is 12.0. The Kier molecular flexibility index (Phi) is 3.71. The normalized spacial score (nSPS) is 13.8. The molecule has 1 aromatic carbocycles. The van der Waals surface area contributed by atoms with Crippen molar-refractivity contribution < 1.29 is 14.3 Å². The fraction of sp³-hybridized carbons (Fsp3) is 0.222. The second-order valence-corrected chi connectivity index (χ2v) is 2.10. The average Bonchev–Trinajstić information content (AvgIpc) is 2.60. The maximum Gasteiger partial charge on any atom is 0.508 e. The molecule has 1 saturated heterocycles. The van der Waals surface area contributed by atoms with Crippen LogP contribution in [0.1, 0.15) is 0 Å². The summed E-state index contributed by atoms with van der Waals surface area (Å²) in [5, 5.41) is 0. The van der Waals surface area contributed by atoms with E-state index in [1.807, 2.05) is 36.4 Å². The van der Waals surface area contributed by atoms with Crippen LogP contribution < -0.4 is 0 Å². The number of hydrogen-bond donors (Lipinski definition) is 0. The van der Waals surface area contributed by atoms with E-state index in [9.17, 15) is 4.79 Å². The lowest BCUT2D eigenvalue weighted by molar-refractivity contribution is 0.131. The Labute approximate surface area is 70.9 Å². The van der Waals surface area contributed by atoms with E-state index < -0.39 is 6.16 Å².